The van der Waals surface area contributed by atoms with Gasteiger partial charge in [0.25, 0.3) is 0 Å². The van der Waals surface area contributed by atoms with Crippen molar-refractivity contribution in [3.8, 4) is 0 Å². The molecule has 2 nitrogen and oxygen atoms in total. The zero-order chi connectivity index (χ0) is 14.8. The fourth-order valence-corrected chi connectivity index (χ4v) is 3.08. The van der Waals surface area contributed by atoms with Crippen molar-refractivity contribution in [1.82, 2.24) is 4.98 Å². The molecule has 1 heterocycles. The van der Waals surface area contributed by atoms with Crippen LogP contribution in [0.15, 0.2) is 48.5 Å². The van der Waals surface area contributed by atoms with Crippen molar-refractivity contribution in [2.75, 3.05) is 6.54 Å². The van der Waals surface area contributed by atoms with Crippen molar-refractivity contribution in [3.63, 3.8) is 0 Å². The third-order valence-electron chi connectivity index (χ3n) is 4.01. The Morgan fingerprint density at radius 3 is 2.71 bits per heavy atom. The molecule has 0 fully saturated rings. The summed E-state index contributed by atoms with van der Waals surface area (Å²) in [5.74, 6) is -0.0122. The van der Waals surface area contributed by atoms with Crippen molar-refractivity contribution in [2.24, 2.45) is 5.73 Å². The van der Waals surface area contributed by atoms with Crippen LogP contribution < -0.4 is 5.73 Å². The second-order valence-electron chi connectivity index (χ2n) is 5.48. The highest BCUT2D eigenvalue weighted by atomic mass is 19.1. The minimum Gasteiger partial charge on any atom is -0.358 e. The summed E-state index contributed by atoms with van der Waals surface area (Å²) in [5.41, 5.74) is 10.5. The summed E-state index contributed by atoms with van der Waals surface area (Å²) in [7, 11) is 0. The topological polar surface area (TPSA) is 41.8 Å². The second kappa shape index (κ2) is 5.70. The third kappa shape index (κ3) is 2.69. The Hall–Kier alpha value is -2.13. The van der Waals surface area contributed by atoms with Gasteiger partial charge in [-0.1, -0.05) is 30.3 Å². The Labute approximate surface area is 123 Å². The SMILES string of the molecule is Cc1[nH]c2ccccc2c1C(CN)Cc1cccc(F)c1. The first-order valence-electron chi connectivity index (χ1n) is 7.20. The molecule has 108 valence electrons. The summed E-state index contributed by atoms with van der Waals surface area (Å²) >= 11 is 0. The molecule has 0 amide bonds. The van der Waals surface area contributed by atoms with Gasteiger partial charge < -0.3 is 10.7 Å². The maximum atomic E-state index is 13.4. The molecule has 2 aromatic carbocycles. The van der Waals surface area contributed by atoms with Crippen LogP contribution in [0.4, 0.5) is 4.39 Å². The molecular weight excluding hydrogens is 263 g/mol. The van der Waals surface area contributed by atoms with Crippen molar-refractivity contribution in [1.29, 1.82) is 0 Å². The molecule has 0 bridgehead atoms. The third-order valence-corrected chi connectivity index (χ3v) is 4.01. The summed E-state index contributed by atoms with van der Waals surface area (Å²) in [4.78, 5) is 3.41. The molecule has 1 unspecified atom stereocenters. The van der Waals surface area contributed by atoms with E-state index in [9.17, 15) is 4.39 Å². The lowest BCUT2D eigenvalue weighted by Crippen LogP contribution is -2.15. The van der Waals surface area contributed by atoms with E-state index < -0.39 is 0 Å². The largest absolute Gasteiger partial charge is 0.358 e. The fourth-order valence-electron chi connectivity index (χ4n) is 3.08. The number of benzene rings is 2. The van der Waals surface area contributed by atoms with Gasteiger partial charge in [0.15, 0.2) is 0 Å². The van der Waals surface area contributed by atoms with Gasteiger partial charge in [0.1, 0.15) is 5.82 Å². The number of rotatable bonds is 4. The number of H-pyrrole nitrogens is 1. The van der Waals surface area contributed by atoms with E-state index in [1.807, 2.05) is 18.2 Å². The molecule has 0 radical (unpaired) electrons. The van der Waals surface area contributed by atoms with Gasteiger partial charge in [0.05, 0.1) is 0 Å². The van der Waals surface area contributed by atoms with Crippen molar-refractivity contribution < 1.29 is 4.39 Å². The van der Waals surface area contributed by atoms with Gasteiger partial charge in [0, 0.05) is 22.5 Å². The van der Waals surface area contributed by atoms with Crippen LogP contribution in [0.2, 0.25) is 0 Å². The van der Waals surface area contributed by atoms with Crippen LogP contribution in [0.5, 0.6) is 0 Å². The van der Waals surface area contributed by atoms with Crippen LogP contribution in [-0.2, 0) is 6.42 Å². The zero-order valence-corrected chi connectivity index (χ0v) is 12.1. The first kappa shape index (κ1) is 13.8. The van der Waals surface area contributed by atoms with E-state index in [-0.39, 0.29) is 11.7 Å². The monoisotopic (exact) mass is 282 g/mol. The summed E-state index contributed by atoms with van der Waals surface area (Å²) in [6, 6.07) is 15.0. The first-order chi connectivity index (χ1) is 10.2. The van der Waals surface area contributed by atoms with Gasteiger partial charge in [-0.15, -0.1) is 0 Å². The maximum Gasteiger partial charge on any atom is 0.123 e. The molecule has 3 heteroatoms. The van der Waals surface area contributed by atoms with Crippen LogP contribution in [0.25, 0.3) is 10.9 Å². The smallest absolute Gasteiger partial charge is 0.123 e. The number of fused-ring (bicyclic) bond motifs is 1. The van der Waals surface area contributed by atoms with Gasteiger partial charge in [-0.05, 0) is 49.2 Å². The number of aryl methyl sites for hydroxylation is 1. The van der Waals surface area contributed by atoms with Crippen molar-refractivity contribution in [3.05, 3.63) is 71.2 Å². The minimum atomic E-state index is -0.195. The molecule has 0 aliphatic carbocycles. The lowest BCUT2D eigenvalue weighted by molar-refractivity contribution is 0.621. The molecule has 3 N–H and O–H groups in total. The van der Waals surface area contributed by atoms with Gasteiger partial charge in [-0.25, -0.2) is 4.39 Å². The summed E-state index contributed by atoms with van der Waals surface area (Å²) in [6.07, 6.45) is 0.747. The van der Waals surface area contributed by atoms with Crippen LogP contribution in [0, 0.1) is 12.7 Å². The lowest BCUT2D eigenvalue weighted by atomic mass is 9.90. The van der Waals surface area contributed by atoms with E-state index in [1.54, 1.807) is 12.1 Å². The van der Waals surface area contributed by atoms with Gasteiger partial charge >= 0.3 is 0 Å². The quantitative estimate of drug-likeness (QED) is 0.748. The summed E-state index contributed by atoms with van der Waals surface area (Å²) < 4.78 is 13.4. The van der Waals surface area contributed by atoms with E-state index in [0.717, 1.165) is 23.2 Å². The summed E-state index contributed by atoms with van der Waals surface area (Å²) in [6.45, 7) is 2.61. The predicted molar refractivity (Wildman–Crippen MR) is 84.9 cm³/mol. The predicted octanol–water partition coefficient (Wildman–Crippen LogP) is 3.90. The molecule has 21 heavy (non-hydrogen) atoms. The molecule has 1 atom stereocenters. The highest BCUT2D eigenvalue weighted by Gasteiger charge is 2.18. The number of hydrogen-bond donors (Lipinski definition) is 2. The Balaban J connectivity index is 2.00. The summed E-state index contributed by atoms with van der Waals surface area (Å²) in [5, 5.41) is 1.21. The van der Waals surface area contributed by atoms with Gasteiger partial charge in [-0.2, -0.15) is 0 Å². The van der Waals surface area contributed by atoms with E-state index in [0.29, 0.717) is 6.54 Å². The van der Waals surface area contributed by atoms with E-state index in [1.165, 1.54) is 17.0 Å². The molecule has 0 saturated carbocycles. The second-order valence-corrected chi connectivity index (χ2v) is 5.48. The van der Waals surface area contributed by atoms with E-state index in [4.69, 9.17) is 5.73 Å². The van der Waals surface area contributed by atoms with Crippen LogP contribution in [0.1, 0.15) is 22.7 Å². The average molecular weight is 282 g/mol. The molecule has 0 aliphatic heterocycles. The molecule has 1 aromatic heterocycles. The highest BCUT2D eigenvalue weighted by molar-refractivity contribution is 5.85. The molecule has 0 saturated heterocycles. The zero-order valence-electron chi connectivity index (χ0n) is 12.1. The van der Waals surface area contributed by atoms with Crippen molar-refractivity contribution in [2.45, 2.75) is 19.3 Å². The standard InChI is InChI=1S/C18H19FN2/c1-12-18(16-7-2-3-8-17(16)21-12)14(11-20)9-13-5-4-6-15(19)10-13/h2-8,10,14,21H,9,11,20H2,1H3. The Kier molecular flexibility index (Phi) is 3.76. The number of halogens is 1. The highest BCUT2D eigenvalue weighted by Crippen LogP contribution is 2.30. The Bertz CT molecular complexity index is 761. The number of aromatic amines is 1. The number of aromatic nitrogens is 1. The van der Waals surface area contributed by atoms with Crippen LogP contribution in [0.3, 0.4) is 0 Å². The van der Waals surface area contributed by atoms with E-state index >= 15 is 0 Å². The van der Waals surface area contributed by atoms with Gasteiger partial charge in [0.2, 0.25) is 0 Å². The van der Waals surface area contributed by atoms with E-state index in [2.05, 4.69) is 24.0 Å². The number of hydrogen-bond acceptors (Lipinski definition) is 1. The molecule has 3 rings (SSSR count). The first-order valence-corrected chi connectivity index (χ1v) is 7.20. The van der Waals surface area contributed by atoms with Gasteiger partial charge in [-0.3, -0.25) is 0 Å². The molecule has 0 aliphatic rings. The number of nitrogens with one attached hydrogen (secondary N) is 1. The molecular formula is C18H19FN2. The Morgan fingerprint density at radius 2 is 1.95 bits per heavy atom. The molecule has 0 spiro atoms. The average Bonchev–Trinajstić information content (AvgIpc) is 2.81. The van der Waals surface area contributed by atoms with Crippen LogP contribution >= 0.6 is 0 Å². The number of nitrogens with two attached hydrogens (primary N) is 1. The maximum absolute atomic E-state index is 13.4. The fraction of sp³-hybridized carbons (Fsp3) is 0.222. The lowest BCUT2D eigenvalue weighted by Gasteiger charge is -2.16. The minimum absolute atomic E-state index is 0.183. The normalized spacial score (nSPS) is 12.7. The van der Waals surface area contributed by atoms with Crippen molar-refractivity contribution >= 4 is 10.9 Å². The molecule has 3 aromatic rings. The van der Waals surface area contributed by atoms with Crippen LogP contribution in [-0.4, -0.2) is 11.5 Å². The number of para-hydroxylation sites is 1. The Morgan fingerprint density at radius 1 is 1.14 bits per heavy atom.